The van der Waals surface area contributed by atoms with E-state index in [0.717, 1.165) is 29.0 Å². The van der Waals surface area contributed by atoms with Gasteiger partial charge in [-0.15, -0.1) is 0 Å². The second kappa shape index (κ2) is 8.48. The Balaban J connectivity index is 1.47. The van der Waals surface area contributed by atoms with Crippen molar-refractivity contribution in [3.05, 3.63) is 90.0 Å². The van der Waals surface area contributed by atoms with Gasteiger partial charge in [0.2, 0.25) is 0 Å². The van der Waals surface area contributed by atoms with E-state index in [1.807, 2.05) is 18.2 Å². The van der Waals surface area contributed by atoms with Gasteiger partial charge in [-0.05, 0) is 65.9 Å². The van der Waals surface area contributed by atoms with Crippen LogP contribution in [0.4, 0.5) is 11.4 Å². The monoisotopic (exact) mass is 462 g/mol. The maximum atomic E-state index is 13.1. The molecule has 0 fully saturated rings. The van der Waals surface area contributed by atoms with Crippen LogP contribution in [0.15, 0.2) is 83.8 Å². The van der Waals surface area contributed by atoms with Gasteiger partial charge in [-0.25, -0.2) is 8.42 Å². The number of benzene rings is 3. The lowest BCUT2D eigenvalue weighted by Gasteiger charge is -2.37. The van der Waals surface area contributed by atoms with Gasteiger partial charge in [-0.3, -0.25) is 4.72 Å². The van der Waals surface area contributed by atoms with E-state index in [1.165, 1.54) is 0 Å². The molecule has 170 valence electrons. The van der Waals surface area contributed by atoms with E-state index in [-0.39, 0.29) is 16.9 Å². The Morgan fingerprint density at radius 1 is 0.939 bits per heavy atom. The third kappa shape index (κ3) is 4.04. The number of hydrogen-bond donors (Lipinski definition) is 2. The molecule has 33 heavy (non-hydrogen) atoms. The Morgan fingerprint density at radius 3 is 2.48 bits per heavy atom. The minimum absolute atomic E-state index is 0.116. The first-order valence-electron chi connectivity index (χ1n) is 10.9. The number of anilines is 2. The molecular weight excluding hydrogens is 436 g/mol. The van der Waals surface area contributed by atoms with Crippen LogP contribution >= 0.6 is 0 Å². The highest BCUT2D eigenvalue weighted by Gasteiger charge is 2.38. The van der Waals surface area contributed by atoms with Gasteiger partial charge in [0, 0.05) is 17.7 Å². The normalized spacial score (nSPS) is 21.0. The molecule has 0 unspecified atom stereocenters. The molecular formula is C26H26N2O4S. The number of sulfonamides is 1. The van der Waals surface area contributed by atoms with Gasteiger partial charge in [0.15, 0.2) is 0 Å². The predicted octanol–water partition coefficient (Wildman–Crippen LogP) is 5.33. The zero-order valence-electron chi connectivity index (χ0n) is 18.5. The molecule has 7 heteroatoms. The van der Waals surface area contributed by atoms with Gasteiger partial charge in [0.05, 0.1) is 30.8 Å². The average Bonchev–Trinajstić information content (AvgIpc) is 3.33. The van der Waals surface area contributed by atoms with Crippen LogP contribution in [-0.2, 0) is 10.0 Å². The van der Waals surface area contributed by atoms with E-state index in [4.69, 9.17) is 9.47 Å². The lowest BCUT2D eigenvalue weighted by molar-refractivity contribution is 0.406. The van der Waals surface area contributed by atoms with Crippen molar-refractivity contribution in [3.8, 4) is 11.5 Å². The lowest BCUT2D eigenvalue weighted by Crippen LogP contribution is -2.29. The first kappa shape index (κ1) is 21.4. The molecule has 0 saturated carbocycles. The van der Waals surface area contributed by atoms with Gasteiger partial charge >= 0.3 is 0 Å². The highest BCUT2D eigenvalue weighted by atomic mass is 32.2. The molecule has 0 radical (unpaired) electrons. The van der Waals surface area contributed by atoms with Crippen molar-refractivity contribution in [2.24, 2.45) is 5.92 Å². The number of fused-ring (bicyclic) bond motifs is 3. The Morgan fingerprint density at radius 2 is 1.70 bits per heavy atom. The quantitative estimate of drug-likeness (QED) is 0.484. The Hall–Kier alpha value is -3.45. The summed E-state index contributed by atoms with van der Waals surface area (Å²) in [5, 5.41) is 3.65. The van der Waals surface area contributed by atoms with Crippen molar-refractivity contribution in [2.45, 2.75) is 23.3 Å². The zero-order chi connectivity index (χ0) is 23.0. The first-order valence-corrected chi connectivity index (χ1v) is 12.3. The Bertz CT molecular complexity index is 1320. The smallest absolute Gasteiger partial charge is 0.261 e. The van der Waals surface area contributed by atoms with Crippen molar-refractivity contribution >= 4 is 21.4 Å². The van der Waals surface area contributed by atoms with Crippen LogP contribution in [0.3, 0.4) is 0 Å². The van der Waals surface area contributed by atoms with Crippen LogP contribution in [0, 0.1) is 5.92 Å². The fraction of sp³-hybridized carbons (Fsp3) is 0.231. The van der Waals surface area contributed by atoms with Gasteiger partial charge in [-0.2, -0.15) is 0 Å². The van der Waals surface area contributed by atoms with Crippen molar-refractivity contribution in [1.82, 2.24) is 0 Å². The molecule has 2 aliphatic rings. The van der Waals surface area contributed by atoms with Gasteiger partial charge in [0.1, 0.15) is 11.5 Å². The standard InChI is InChI=1S/C26H26N2O4S/c1-31-19-8-3-6-17(14-19)26-23-11-5-10-22(23)24-16-21(12-13-25(24)27-26)33(29,30)28-18-7-4-9-20(15-18)32-2/h3-10,12-16,22-23,26-28H,11H2,1-2H3/t22-,23+,26+/m0/s1. The lowest BCUT2D eigenvalue weighted by atomic mass is 9.77. The maximum absolute atomic E-state index is 13.1. The molecule has 5 rings (SSSR count). The number of hydrogen-bond acceptors (Lipinski definition) is 5. The number of rotatable bonds is 6. The number of methoxy groups -OCH3 is 2. The van der Waals surface area contributed by atoms with Crippen LogP contribution in [-0.4, -0.2) is 22.6 Å². The molecule has 0 amide bonds. The molecule has 3 atom stereocenters. The fourth-order valence-corrected chi connectivity index (χ4v) is 5.89. The predicted molar refractivity (Wildman–Crippen MR) is 130 cm³/mol. The fourth-order valence-electron chi connectivity index (χ4n) is 4.81. The third-order valence-electron chi connectivity index (χ3n) is 6.42. The summed E-state index contributed by atoms with van der Waals surface area (Å²) in [5.41, 5.74) is 3.58. The Kier molecular flexibility index (Phi) is 5.50. The highest BCUT2D eigenvalue weighted by molar-refractivity contribution is 7.92. The largest absolute Gasteiger partial charge is 0.497 e. The number of allylic oxidation sites excluding steroid dienone is 2. The van der Waals surface area contributed by atoms with Gasteiger partial charge in [0.25, 0.3) is 10.0 Å². The molecule has 0 spiro atoms. The van der Waals surface area contributed by atoms with Crippen LogP contribution in [0.5, 0.6) is 11.5 Å². The van der Waals surface area contributed by atoms with Crippen molar-refractivity contribution < 1.29 is 17.9 Å². The molecule has 0 bridgehead atoms. The topological polar surface area (TPSA) is 76.7 Å². The highest BCUT2D eigenvalue weighted by Crippen LogP contribution is 2.50. The molecule has 1 aliphatic carbocycles. The second-order valence-corrected chi connectivity index (χ2v) is 10.0. The summed E-state index contributed by atoms with van der Waals surface area (Å²) in [6, 6.07) is 20.4. The SMILES string of the molecule is COc1cccc(NS(=O)(=O)c2ccc3c(c2)[C@H]2C=CC[C@H]2[C@@H](c2cccc(OC)c2)N3)c1. The third-order valence-corrected chi connectivity index (χ3v) is 7.80. The van der Waals surface area contributed by atoms with Crippen LogP contribution < -0.4 is 19.5 Å². The van der Waals surface area contributed by atoms with E-state index >= 15 is 0 Å². The van der Waals surface area contributed by atoms with E-state index in [9.17, 15) is 8.42 Å². The molecule has 3 aromatic carbocycles. The Labute approximate surface area is 194 Å². The minimum Gasteiger partial charge on any atom is -0.497 e. The van der Waals surface area contributed by atoms with Crippen molar-refractivity contribution in [2.75, 3.05) is 24.3 Å². The first-order chi connectivity index (χ1) is 16.0. The maximum Gasteiger partial charge on any atom is 0.261 e. The summed E-state index contributed by atoms with van der Waals surface area (Å²) in [6.45, 7) is 0. The van der Waals surface area contributed by atoms with E-state index in [0.29, 0.717) is 17.4 Å². The van der Waals surface area contributed by atoms with Crippen LogP contribution in [0.1, 0.15) is 29.5 Å². The summed E-state index contributed by atoms with van der Waals surface area (Å²) in [7, 11) is -0.528. The van der Waals surface area contributed by atoms with Gasteiger partial charge < -0.3 is 14.8 Å². The molecule has 6 nitrogen and oxygen atoms in total. The summed E-state index contributed by atoms with van der Waals surface area (Å²) in [6.07, 6.45) is 5.32. The second-order valence-electron chi connectivity index (χ2n) is 8.34. The molecule has 1 aliphatic heterocycles. The summed E-state index contributed by atoms with van der Waals surface area (Å²) < 4.78 is 39.5. The zero-order valence-corrected chi connectivity index (χ0v) is 19.3. The number of nitrogens with one attached hydrogen (secondary N) is 2. The van der Waals surface area contributed by atoms with E-state index in [1.54, 1.807) is 50.6 Å². The van der Waals surface area contributed by atoms with E-state index < -0.39 is 10.0 Å². The summed E-state index contributed by atoms with van der Waals surface area (Å²) in [5.74, 6) is 1.86. The summed E-state index contributed by atoms with van der Waals surface area (Å²) in [4.78, 5) is 0.241. The molecule has 0 aromatic heterocycles. The molecule has 0 saturated heterocycles. The number of ether oxygens (including phenoxy) is 2. The van der Waals surface area contributed by atoms with E-state index in [2.05, 4.69) is 34.3 Å². The minimum atomic E-state index is -3.75. The van der Waals surface area contributed by atoms with Gasteiger partial charge in [-0.1, -0.05) is 30.4 Å². The van der Waals surface area contributed by atoms with Crippen LogP contribution in [0.2, 0.25) is 0 Å². The van der Waals surface area contributed by atoms with Crippen molar-refractivity contribution in [3.63, 3.8) is 0 Å². The summed E-state index contributed by atoms with van der Waals surface area (Å²) >= 11 is 0. The average molecular weight is 463 g/mol. The molecule has 1 heterocycles. The van der Waals surface area contributed by atoms with Crippen LogP contribution in [0.25, 0.3) is 0 Å². The van der Waals surface area contributed by atoms with Crippen molar-refractivity contribution in [1.29, 1.82) is 0 Å². The molecule has 2 N–H and O–H groups in total. The molecule has 3 aromatic rings.